The average Bonchev–Trinajstić information content (AvgIpc) is 4.30. The molecular formula is C58H60BBrCl2F2N12O4. The number of nitrogens with zero attached hydrogens (tertiary/aromatic N) is 10. The number of halogens is 5. The molecule has 0 radical (unpaired) electrons. The van der Waals surface area contributed by atoms with Crippen LogP contribution in [-0.4, -0.2) is 82.7 Å². The second-order valence-corrected chi connectivity index (χ2v) is 22.1. The molecule has 0 spiro atoms. The number of fused-ring (bicyclic) bond motifs is 2. The molecule has 2 N–H and O–H groups in total. The fourth-order valence-corrected chi connectivity index (χ4v) is 10.2. The van der Waals surface area contributed by atoms with Crippen LogP contribution < -0.4 is 25.9 Å². The predicted molar refractivity (Wildman–Crippen MR) is 313 cm³/mol. The van der Waals surface area contributed by atoms with Gasteiger partial charge in [-0.2, -0.15) is 10.2 Å². The second kappa shape index (κ2) is 24.3. The highest BCUT2D eigenvalue weighted by Crippen LogP contribution is 2.39. The lowest BCUT2D eigenvalue weighted by Crippen LogP contribution is -2.41. The summed E-state index contributed by atoms with van der Waals surface area (Å²) in [6.45, 7) is 12.8. The van der Waals surface area contributed by atoms with E-state index < -0.39 is 30.0 Å². The van der Waals surface area contributed by atoms with Gasteiger partial charge in [0.2, 0.25) is 11.8 Å². The van der Waals surface area contributed by atoms with Gasteiger partial charge in [-0.05, 0) is 147 Å². The number of rotatable bonds is 12. The largest absolute Gasteiger partial charge is 0.494 e. The summed E-state index contributed by atoms with van der Waals surface area (Å²) in [5.41, 5.74) is 6.74. The molecule has 0 saturated carbocycles. The predicted octanol–water partition coefficient (Wildman–Crippen LogP) is 11.3. The Morgan fingerprint density at radius 1 is 0.637 bits per heavy atom. The molecule has 3 aliphatic heterocycles. The van der Waals surface area contributed by atoms with E-state index in [0.717, 1.165) is 68.4 Å². The van der Waals surface area contributed by atoms with Crippen LogP contribution in [0.3, 0.4) is 0 Å². The molecule has 11 rings (SSSR count). The van der Waals surface area contributed by atoms with Crippen LogP contribution in [0.15, 0.2) is 114 Å². The van der Waals surface area contributed by atoms with Crippen LogP contribution in [0.1, 0.15) is 75.2 Å². The molecule has 3 aliphatic rings. The zero-order valence-electron chi connectivity index (χ0n) is 45.6. The molecular weight excluding hydrogens is 1130 g/mol. The third kappa shape index (κ3) is 12.9. The molecule has 2 aromatic carbocycles. The first-order chi connectivity index (χ1) is 38.2. The number of aryl methyl sites for hydroxylation is 4. The van der Waals surface area contributed by atoms with Gasteiger partial charge in [-0.15, -0.1) is 0 Å². The summed E-state index contributed by atoms with van der Waals surface area (Å²) < 4.78 is 47.1. The molecule has 22 heteroatoms. The Labute approximate surface area is 482 Å². The van der Waals surface area contributed by atoms with Crippen molar-refractivity contribution in [3.05, 3.63) is 170 Å². The van der Waals surface area contributed by atoms with Crippen LogP contribution in [0.4, 0.5) is 43.4 Å². The first-order valence-corrected chi connectivity index (χ1v) is 27.7. The number of hydrogen-bond donors (Lipinski definition) is 2. The summed E-state index contributed by atoms with van der Waals surface area (Å²) in [6.07, 6.45) is 9.65. The van der Waals surface area contributed by atoms with Crippen LogP contribution in [-0.2, 0) is 71.5 Å². The molecule has 2 amide bonds. The fourth-order valence-electron chi connectivity index (χ4n) is 9.46. The van der Waals surface area contributed by atoms with E-state index in [1.807, 2.05) is 95.0 Å². The minimum Gasteiger partial charge on any atom is -0.399 e. The summed E-state index contributed by atoms with van der Waals surface area (Å²) >= 11 is 15.6. The Kier molecular flexibility index (Phi) is 17.5. The second-order valence-electron chi connectivity index (χ2n) is 20.5. The minimum absolute atomic E-state index is 0.0699. The van der Waals surface area contributed by atoms with Crippen molar-refractivity contribution in [3.63, 3.8) is 0 Å². The highest BCUT2D eigenvalue weighted by molar-refractivity contribution is 9.10. The maximum Gasteiger partial charge on any atom is 0.494 e. The molecule has 16 nitrogen and oxygen atoms in total. The first-order valence-electron chi connectivity index (χ1n) is 26.2. The van der Waals surface area contributed by atoms with Crippen LogP contribution in [0.2, 0.25) is 10.3 Å². The van der Waals surface area contributed by atoms with Crippen molar-refractivity contribution in [2.24, 2.45) is 14.1 Å². The molecule has 414 valence electrons. The first kappa shape index (κ1) is 57.6. The zero-order chi connectivity index (χ0) is 57.0. The van der Waals surface area contributed by atoms with Crippen molar-refractivity contribution in [1.82, 2.24) is 39.5 Å². The number of amides is 2. The number of benzene rings is 2. The molecule has 80 heavy (non-hydrogen) atoms. The Morgan fingerprint density at radius 2 is 1.12 bits per heavy atom. The maximum atomic E-state index is 15.3. The molecule has 0 atom stereocenters. The molecule has 6 aromatic heterocycles. The zero-order valence-corrected chi connectivity index (χ0v) is 48.7. The van der Waals surface area contributed by atoms with Gasteiger partial charge in [0.25, 0.3) is 0 Å². The van der Waals surface area contributed by atoms with E-state index in [0.29, 0.717) is 59.7 Å². The van der Waals surface area contributed by atoms with E-state index >= 15 is 8.78 Å². The third-order valence-corrected chi connectivity index (χ3v) is 15.6. The Hall–Kier alpha value is -7.10. The van der Waals surface area contributed by atoms with Crippen molar-refractivity contribution in [2.75, 3.05) is 33.5 Å². The third-order valence-electron chi connectivity index (χ3n) is 14.5. The molecule has 1 saturated heterocycles. The molecule has 0 unspecified atom stereocenters. The number of hydrogen-bond acceptors (Lipinski definition) is 12. The maximum absolute atomic E-state index is 15.3. The van der Waals surface area contributed by atoms with Crippen molar-refractivity contribution >= 4 is 98.2 Å². The summed E-state index contributed by atoms with van der Waals surface area (Å²) in [7, 11) is 3.15. The van der Waals surface area contributed by atoms with Crippen molar-refractivity contribution in [1.29, 1.82) is 0 Å². The highest BCUT2D eigenvalue weighted by Gasteiger charge is 2.52. The summed E-state index contributed by atoms with van der Waals surface area (Å²) in [5.74, 6) is 1.93. The number of carbonyl (C=O) groups is 2. The lowest BCUT2D eigenvalue weighted by molar-refractivity contribution is -0.118. The highest BCUT2D eigenvalue weighted by atomic mass is 79.9. The number of aromatic nitrogens is 8. The number of carbonyl (C=O) groups excluding carboxylic acids is 2. The van der Waals surface area contributed by atoms with Crippen LogP contribution >= 0.6 is 39.1 Å². The molecule has 0 aliphatic carbocycles. The van der Waals surface area contributed by atoms with E-state index in [1.165, 1.54) is 21.9 Å². The summed E-state index contributed by atoms with van der Waals surface area (Å²) in [5, 5.41) is 15.9. The van der Waals surface area contributed by atoms with E-state index in [2.05, 4.69) is 70.5 Å². The molecule has 0 bridgehead atoms. The van der Waals surface area contributed by atoms with E-state index in [4.69, 9.17) is 32.5 Å². The number of pyridine rings is 4. The van der Waals surface area contributed by atoms with E-state index in [9.17, 15) is 9.59 Å². The average molecular weight is 1190 g/mol. The molecule has 9 heterocycles. The molecule has 1 fully saturated rings. The number of nitrogens with one attached hydrogen (secondary N) is 2. The van der Waals surface area contributed by atoms with Gasteiger partial charge >= 0.3 is 7.12 Å². The fraction of sp³-hybridized carbons (Fsp3) is 0.310. The summed E-state index contributed by atoms with van der Waals surface area (Å²) in [4.78, 5) is 45.4. The SMILES string of the molecule is CC1(C)OB(c2cc(F)c3c(c2)CCN3C(=O)Cc2cccnc2Cl)OC1(C)C.CCc1cc(Nc2cc(-c3cc(F)c4c(c3)CCN4C(=O)Cc3cccnc3Cl)ccn2)n(C)n1.CCc1cc(Nc2cc(Br)ccn2)n(C)n1. The lowest BCUT2D eigenvalue weighted by atomic mass is 9.78. The van der Waals surface area contributed by atoms with Gasteiger partial charge in [-0.1, -0.05) is 71.2 Å². The van der Waals surface area contributed by atoms with E-state index in [-0.39, 0.29) is 35.0 Å². The van der Waals surface area contributed by atoms with Crippen LogP contribution in [0, 0.1) is 11.6 Å². The van der Waals surface area contributed by atoms with Crippen molar-refractivity contribution in [3.8, 4) is 11.1 Å². The van der Waals surface area contributed by atoms with Crippen LogP contribution in [0.25, 0.3) is 11.1 Å². The monoisotopic (exact) mass is 1190 g/mol. The van der Waals surface area contributed by atoms with Gasteiger partial charge in [0, 0.05) is 68.6 Å². The quantitative estimate of drug-likeness (QED) is 0.0878. The normalized spacial score (nSPS) is 14.7. The van der Waals surface area contributed by atoms with Gasteiger partial charge in [0.05, 0.1) is 46.8 Å². The topological polar surface area (TPSA) is 170 Å². The smallest absolute Gasteiger partial charge is 0.399 e. The van der Waals surface area contributed by atoms with Gasteiger partial charge in [-0.3, -0.25) is 19.0 Å². The standard InChI is InChI=1S/C26H24ClFN6O.C21H23BClFN2O3.C11H13BrN4/c1-3-20-15-23(33(2)32-20)31-22-13-16(6-9-29-22)19-11-17-7-10-34(25(17)21(28)12-19)24(35)14-18-5-4-8-30-26(18)27;1-20(2)21(3,4)29-22(28-20)15-10-13-7-9-26(18(13)16(24)12-15)17(27)11-14-6-5-8-25-19(14)23;1-3-9-7-11(16(2)15-9)14-10-6-8(12)4-5-13-10/h4-6,8-9,11-13,15H,3,7,10,14H2,1-2H3,(H,29,31);5-6,8,10,12H,7,9,11H2,1-4H3;4-7H,3H2,1-2H3,(H,13,14). The summed E-state index contributed by atoms with van der Waals surface area (Å²) in [6, 6.07) is 25.2. The Balaban J connectivity index is 0.000000155. The van der Waals surface area contributed by atoms with Gasteiger partial charge in [0.1, 0.15) is 45.2 Å². The van der Waals surface area contributed by atoms with Gasteiger partial charge in [-0.25, -0.2) is 28.7 Å². The minimum atomic E-state index is -0.640. The Morgan fingerprint density at radius 3 is 1.61 bits per heavy atom. The van der Waals surface area contributed by atoms with Crippen molar-refractivity contribution in [2.45, 2.75) is 91.3 Å². The van der Waals surface area contributed by atoms with Gasteiger partial charge < -0.3 is 29.7 Å². The van der Waals surface area contributed by atoms with Crippen LogP contribution in [0.5, 0.6) is 0 Å². The van der Waals surface area contributed by atoms with E-state index in [1.54, 1.807) is 53.7 Å². The lowest BCUT2D eigenvalue weighted by Gasteiger charge is -2.32. The van der Waals surface area contributed by atoms with Crippen molar-refractivity contribution < 1.29 is 27.7 Å². The Bertz CT molecular complexity index is 3590. The van der Waals surface area contributed by atoms with Gasteiger partial charge in [0.15, 0.2) is 0 Å². The number of anilines is 6. The molecule has 8 aromatic rings.